The molecular formula is C25H29N3O4. The van der Waals surface area contributed by atoms with Gasteiger partial charge in [-0.2, -0.15) is 5.10 Å². The van der Waals surface area contributed by atoms with E-state index in [1.165, 1.54) is 0 Å². The number of ether oxygens (including phenoxy) is 3. The predicted molar refractivity (Wildman–Crippen MR) is 122 cm³/mol. The number of aromatic nitrogens is 2. The Morgan fingerprint density at radius 1 is 1.06 bits per heavy atom. The lowest BCUT2D eigenvalue weighted by atomic mass is 10.1. The fraction of sp³-hybridized carbons (Fsp3) is 0.360. The van der Waals surface area contributed by atoms with Gasteiger partial charge in [-0.25, -0.2) is 4.68 Å². The van der Waals surface area contributed by atoms with E-state index in [0.717, 1.165) is 42.0 Å². The fourth-order valence-electron chi connectivity index (χ4n) is 3.56. The van der Waals surface area contributed by atoms with Crippen molar-refractivity contribution in [3.63, 3.8) is 0 Å². The SMILES string of the molecule is CCc1nn(-c2ccc(OC)cc2)c(Oc2cccc(OC)c2)c1CCC(=O)NC1CC1. The molecule has 1 aliphatic rings. The molecule has 1 aliphatic carbocycles. The van der Waals surface area contributed by atoms with Gasteiger partial charge >= 0.3 is 0 Å². The second-order valence-electron chi connectivity index (χ2n) is 7.82. The van der Waals surface area contributed by atoms with Crippen LogP contribution in [0.1, 0.15) is 37.4 Å². The molecule has 7 heteroatoms. The van der Waals surface area contributed by atoms with E-state index in [4.69, 9.17) is 19.3 Å². The highest BCUT2D eigenvalue weighted by atomic mass is 16.5. The summed E-state index contributed by atoms with van der Waals surface area (Å²) in [7, 11) is 3.26. The second-order valence-corrected chi connectivity index (χ2v) is 7.82. The number of benzene rings is 2. The van der Waals surface area contributed by atoms with Crippen molar-refractivity contribution >= 4 is 5.91 Å². The lowest BCUT2D eigenvalue weighted by molar-refractivity contribution is -0.121. The Morgan fingerprint density at radius 2 is 1.78 bits per heavy atom. The zero-order valence-corrected chi connectivity index (χ0v) is 18.8. The summed E-state index contributed by atoms with van der Waals surface area (Å²) in [6.07, 6.45) is 3.83. The molecule has 0 bridgehead atoms. The zero-order valence-electron chi connectivity index (χ0n) is 18.8. The van der Waals surface area contributed by atoms with Crippen molar-refractivity contribution in [2.24, 2.45) is 0 Å². The van der Waals surface area contributed by atoms with Crippen LogP contribution < -0.4 is 19.5 Å². The maximum Gasteiger partial charge on any atom is 0.226 e. The van der Waals surface area contributed by atoms with Crippen molar-refractivity contribution in [3.05, 3.63) is 59.8 Å². The summed E-state index contributed by atoms with van der Waals surface area (Å²) in [5.41, 5.74) is 2.71. The normalized spacial score (nSPS) is 13.0. The molecule has 0 spiro atoms. The summed E-state index contributed by atoms with van der Waals surface area (Å²) >= 11 is 0. The first-order valence-corrected chi connectivity index (χ1v) is 11.0. The van der Waals surface area contributed by atoms with E-state index in [9.17, 15) is 4.79 Å². The monoisotopic (exact) mass is 435 g/mol. The van der Waals surface area contributed by atoms with Crippen molar-refractivity contribution in [3.8, 4) is 28.8 Å². The molecule has 1 amide bonds. The number of nitrogens with zero attached hydrogens (tertiary/aromatic N) is 2. The molecule has 4 rings (SSSR count). The molecule has 1 N–H and O–H groups in total. The van der Waals surface area contributed by atoms with Crippen LogP contribution in [0.25, 0.3) is 5.69 Å². The quantitative estimate of drug-likeness (QED) is 0.509. The molecule has 1 saturated carbocycles. The average molecular weight is 436 g/mol. The number of methoxy groups -OCH3 is 2. The number of aryl methyl sites for hydroxylation is 1. The Balaban J connectivity index is 1.69. The average Bonchev–Trinajstić information content (AvgIpc) is 3.57. The lowest BCUT2D eigenvalue weighted by Gasteiger charge is -2.13. The van der Waals surface area contributed by atoms with Gasteiger partial charge in [-0.3, -0.25) is 4.79 Å². The molecule has 0 radical (unpaired) electrons. The number of amides is 1. The minimum absolute atomic E-state index is 0.0686. The van der Waals surface area contributed by atoms with Crippen LogP contribution in [-0.2, 0) is 17.6 Å². The Hall–Kier alpha value is -3.48. The van der Waals surface area contributed by atoms with Gasteiger partial charge in [-0.1, -0.05) is 13.0 Å². The molecule has 3 aromatic rings. The fourth-order valence-corrected chi connectivity index (χ4v) is 3.56. The highest BCUT2D eigenvalue weighted by molar-refractivity contribution is 5.77. The van der Waals surface area contributed by atoms with Crippen molar-refractivity contribution in [1.82, 2.24) is 15.1 Å². The zero-order chi connectivity index (χ0) is 22.5. The van der Waals surface area contributed by atoms with E-state index in [-0.39, 0.29) is 5.91 Å². The Kier molecular flexibility index (Phi) is 6.63. The predicted octanol–water partition coefficient (Wildman–Crippen LogP) is 4.46. The van der Waals surface area contributed by atoms with Gasteiger partial charge in [-0.15, -0.1) is 0 Å². The van der Waals surface area contributed by atoms with Crippen molar-refractivity contribution in [1.29, 1.82) is 0 Å². The smallest absolute Gasteiger partial charge is 0.226 e. The summed E-state index contributed by atoms with van der Waals surface area (Å²) < 4.78 is 18.8. The molecule has 0 unspecified atom stereocenters. The third kappa shape index (κ3) is 5.04. The molecular weight excluding hydrogens is 406 g/mol. The third-order valence-corrected chi connectivity index (χ3v) is 5.47. The number of hydrogen-bond donors (Lipinski definition) is 1. The molecule has 32 heavy (non-hydrogen) atoms. The molecule has 1 fully saturated rings. The summed E-state index contributed by atoms with van der Waals surface area (Å²) in [5, 5.41) is 7.89. The van der Waals surface area contributed by atoms with Crippen molar-refractivity contribution in [2.75, 3.05) is 14.2 Å². The largest absolute Gasteiger partial charge is 0.497 e. The maximum atomic E-state index is 12.4. The van der Waals surface area contributed by atoms with E-state index in [1.54, 1.807) is 18.9 Å². The van der Waals surface area contributed by atoms with Crippen LogP contribution in [0.5, 0.6) is 23.1 Å². The van der Waals surface area contributed by atoms with Crippen molar-refractivity contribution < 1.29 is 19.0 Å². The topological polar surface area (TPSA) is 74.6 Å². The van der Waals surface area contributed by atoms with Gasteiger partial charge in [0.05, 0.1) is 25.6 Å². The van der Waals surface area contributed by atoms with Crippen LogP contribution in [0.2, 0.25) is 0 Å². The van der Waals surface area contributed by atoms with Crippen LogP contribution in [0.3, 0.4) is 0 Å². The van der Waals surface area contributed by atoms with Crippen LogP contribution in [0, 0.1) is 0 Å². The van der Waals surface area contributed by atoms with Gasteiger partial charge in [0.15, 0.2) is 0 Å². The van der Waals surface area contributed by atoms with Crippen LogP contribution in [-0.4, -0.2) is 35.9 Å². The minimum atomic E-state index is 0.0686. The van der Waals surface area contributed by atoms with Gasteiger partial charge in [0.2, 0.25) is 11.8 Å². The molecule has 0 saturated heterocycles. The molecule has 7 nitrogen and oxygen atoms in total. The highest BCUT2D eigenvalue weighted by Crippen LogP contribution is 2.34. The number of carbonyl (C=O) groups is 1. The molecule has 1 heterocycles. The van der Waals surface area contributed by atoms with E-state index in [1.807, 2.05) is 48.5 Å². The summed E-state index contributed by atoms with van der Waals surface area (Å²) in [6, 6.07) is 15.5. The Labute approximate surface area is 188 Å². The number of hydrogen-bond acceptors (Lipinski definition) is 5. The molecule has 168 valence electrons. The minimum Gasteiger partial charge on any atom is -0.497 e. The van der Waals surface area contributed by atoms with Gasteiger partial charge < -0.3 is 19.5 Å². The van der Waals surface area contributed by atoms with Crippen LogP contribution in [0.15, 0.2) is 48.5 Å². The van der Waals surface area contributed by atoms with Gasteiger partial charge in [0.1, 0.15) is 17.2 Å². The summed E-state index contributed by atoms with van der Waals surface area (Å²) in [6.45, 7) is 2.06. The second kappa shape index (κ2) is 9.77. The van der Waals surface area contributed by atoms with E-state index < -0.39 is 0 Å². The first kappa shape index (κ1) is 21.7. The first-order valence-electron chi connectivity index (χ1n) is 11.0. The van der Waals surface area contributed by atoms with E-state index in [0.29, 0.717) is 36.3 Å². The van der Waals surface area contributed by atoms with Crippen LogP contribution in [0.4, 0.5) is 0 Å². The third-order valence-electron chi connectivity index (χ3n) is 5.47. The number of rotatable bonds is 10. The van der Waals surface area contributed by atoms with Crippen LogP contribution >= 0.6 is 0 Å². The van der Waals surface area contributed by atoms with E-state index in [2.05, 4.69) is 12.2 Å². The van der Waals surface area contributed by atoms with Gasteiger partial charge in [0, 0.05) is 24.1 Å². The molecule has 0 atom stereocenters. The number of carbonyl (C=O) groups excluding carboxylic acids is 1. The maximum absolute atomic E-state index is 12.4. The molecule has 2 aromatic carbocycles. The summed E-state index contributed by atoms with van der Waals surface area (Å²) in [4.78, 5) is 12.4. The number of nitrogens with one attached hydrogen (secondary N) is 1. The van der Waals surface area contributed by atoms with E-state index >= 15 is 0 Å². The summed E-state index contributed by atoms with van der Waals surface area (Å²) in [5.74, 6) is 2.80. The molecule has 1 aromatic heterocycles. The molecule has 0 aliphatic heterocycles. The Morgan fingerprint density at radius 3 is 2.44 bits per heavy atom. The highest BCUT2D eigenvalue weighted by Gasteiger charge is 2.25. The standard InChI is InChI=1S/C25H29N3O4/c1-4-23-22(14-15-24(29)26-17-8-9-17)25(32-21-7-5-6-20(16-21)31-3)28(27-23)18-10-12-19(30-2)13-11-18/h5-7,10-13,16-17H,4,8-9,14-15H2,1-3H3,(H,26,29). The van der Waals surface area contributed by atoms with Crippen molar-refractivity contribution in [2.45, 2.75) is 45.1 Å². The lowest BCUT2D eigenvalue weighted by Crippen LogP contribution is -2.25. The first-order chi connectivity index (χ1) is 15.6. The Bertz CT molecular complexity index is 1070. The van der Waals surface area contributed by atoms with Gasteiger partial charge in [0.25, 0.3) is 0 Å². The van der Waals surface area contributed by atoms with Gasteiger partial charge in [-0.05, 0) is 62.1 Å².